The van der Waals surface area contributed by atoms with Crippen molar-refractivity contribution in [2.24, 2.45) is 46.3 Å². The highest BCUT2D eigenvalue weighted by Gasteiger charge is 2.67. The summed E-state index contributed by atoms with van der Waals surface area (Å²) in [6.45, 7) is 13.9. The minimum Gasteiger partial charge on any atom is -0.463 e. The molecule has 0 radical (unpaired) electrons. The van der Waals surface area contributed by atoms with Gasteiger partial charge >= 0.3 is 17.9 Å². The van der Waals surface area contributed by atoms with Crippen LogP contribution in [0.2, 0.25) is 0 Å². The molecule has 0 saturated heterocycles. The molecule has 4 unspecified atom stereocenters. The first kappa shape index (κ1) is 26.5. The largest absolute Gasteiger partial charge is 0.463 e. The third kappa shape index (κ3) is 4.52. The molecule has 11 atom stereocenters. The standard InChI is InChI=1S/C29H46O6/c1-8-16(2)22-9-10-23-27-24(15-26(29(22,23)7)35-19(5)32)28(6)12-11-21(33-17(3)30)13-20(28)14-25(27)34-18(4)31/h16,20-27H,8-15H2,1-7H3/t16?,20-,21+,22+,23?,24?,25+,26-,27?,28-,29+/m0/s1. The number of hydrogen-bond acceptors (Lipinski definition) is 6. The first-order valence-corrected chi connectivity index (χ1v) is 13.9. The maximum Gasteiger partial charge on any atom is 0.302 e. The van der Waals surface area contributed by atoms with Crippen molar-refractivity contribution in [2.75, 3.05) is 0 Å². The average molecular weight is 491 g/mol. The lowest BCUT2D eigenvalue weighted by atomic mass is 9.43. The van der Waals surface area contributed by atoms with Crippen molar-refractivity contribution >= 4 is 17.9 Å². The van der Waals surface area contributed by atoms with Crippen molar-refractivity contribution in [1.82, 2.24) is 0 Å². The Balaban J connectivity index is 1.74. The van der Waals surface area contributed by atoms with E-state index in [4.69, 9.17) is 14.2 Å². The lowest BCUT2D eigenvalue weighted by molar-refractivity contribution is -0.224. The van der Waals surface area contributed by atoms with Gasteiger partial charge in [-0.3, -0.25) is 14.4 Å². The van der Waals surface area contributed by atoms with Gasteiger partial charge in [-0.1, -0.05) is 34.1 Å². The van der Waals surface area contributed by atoms with Crippen LogP contribution >= 0.6 is 0 Å². The fraction of sp³-hybridized carbons (Fsp3) is 0.897. The van der Waals surface area contributed by atoms with E-state index in [1.807, 2.05) is 0 Å². The highest BCUT2D eigenvalue weighted by Crippen LogP contribution is 2.69. The summed E-state index contributed by atoms with van der Waals surface area (Å²) in [5, 5.41) is 0. The molecular weight excluding hydrogens is 444 g/mol. The summed E-state index contributed by atoms with van der Waals surface area (Å²) in [6, 6.07) is 0. The van der Waals surface area contributed by atoms with Gasteiger partial charge < -0.3 is 14.2 Å². The molecule has 0 bridgehead atoms. The van der Waals surface area contributed by atoms with E-state index in [0.29, 0.717) is 29.6 Å². The highest BCUT2D eigenvalue weighted by atomic mass is 16.6. The molecule has 0 spiro atoms. The quantitative estimate of drug-likeness (QED) is 0.363. The van der Waals surface area contributed by atoms with Crippen molar-refractivity contribution in [3.05, 3.63) is 0 Å². The molecule has 6 heteroatoms. The summed E-state index contributed by atoms with van der Waals surface area (Å²) in [7, 11) is 0. The maximum atomic E-state index is 12.3. The van der Waals surface area contributed by atoms with E-state index in [-0.39, 0.29) is 53.0 Å². The van der Waals surface area contributed by atoms with Crippen LogP contribution in [-0.4, -0.2) is 36.2 Å². The van der Waals surface area contributed by atoms with E-state index in [1.54, 1.807) is 0 Å². The van der Waals surface area contributed by atoms with Gasteiger partial charge in [0.1, 0.15) is 18.3 Å². The zero-order valence-electron chi connectivity index (χ0n) is 22.8. The minimum atomic E-state index is -0.228. The summed E-state index contributed by atoms with van der Waals surface area (Å²) in [4.78, 5) is 36.3. The first-order chi connectivity index (χ1) is 16.4. The van der Waals surface area contributed by atoms with Crippen LogP contribution in [0.1, 0.15) is 99.8 Å². The molecule has 4 rings (SSSR count). The van der Waals surface area contributed by atoms with Crippen molar-refractivity contribution < 1.29 is 28.6 Å². The average Bonchev–Trinajstić information content (AvgIpc) is 3.12. The molecule has 0 aromatic heterocycles. The van der Waals surface area contributed by atoms with Gasteiger partial charge in [-0.05, 0) is 80.0 Å². The molecule has 4 aliphatic carbocycles. The van der Waals surface area contributed by atoms with Gasteiger partial charge in [0.05, 0.1) is 0 Å². The summed E-state index contributed by atoms with van der Waals surface area (Å²) in [5.41, 5.74) is -0.0645. The third-order valence-electron chi connectivity index (χ3n) is 11.0. The number of esters is 3. The van der Waals surface area contributed by atoms with Crippen molar-refractivity contribution in [2.45, 2.75) is 118 Å². The van der Waals surface area contributed by atoms with Crippen LogP contribution in [0.15, 0.2) is 0 Å². The normalized spacial score (nSPS) is 45.3. The Hall–Kier alpha value is -1.59. The zero-order chi connectivity index (χ0) is 25.7. The Morgan fingerprint density at radius 1 is 0.857 bits per heavy atom. The summed E-state index contributed by atoms with van der Waals surface area (Å²) in [6.07, 6.45) is 7.33. The Morgan fingerprint density at radius 2 is 1.51 bits per heavy atom. The Labute approximate surface area is 211 Å². The minimum absolute atomic E-state index is 0.0478. The monoisotopic (exact) mass is 490 g/mol. The molecule has 6 nitrogen and oxygen atoms in total. The van der Waals surface area contributed by atoms with Crippen LogP contribution in [0, 0.1) is 46.3 Å². The van der Waals surface area contributed by atoms with Crippen LogP contribution in [0.25, 0.3) is 0 Å². The van der Waals surface area contributed by atoms with Gasteiger partial charge in [-0.25, -0.2) is 0 Å². The molecule has 0 aromatic carbocycles. The molecule has 198 valence electrons. The molecule has 4 saturated carbocycles. The topological polar surface area (TPSA) is 78.9 Å². The Morgan fingerprint density at radius 3 is 2.11 bits per heavy atom. The molecule has 4 fully saturated rings. The van der Waals surface area contributed by atoms with E-state index < -0.39 is 0 Å². The van der Waals surface area contributed by atoms with Crippen molar-refractivity contribution in [1.29, 1.82) is 0 Å². The van der Waals surface area contributed by atoms with Crippen molar-refractivity contribution in [3.63, 3.8) is 0 Å². The molecule has 35 heavy (non-hydrogen) atoms. The Kier molecular flexibility index (Phi) is 7.34. The van der Waals surface area contributed by atoms with Gasteiger partial charge in [0.15, 0.2) is 0 Å². The molecule has 0 aliphatic heterocycles. The highest BCUT2D eigenvalue weighted by molar-refractivity contribution is 5.67. The van der Waals surface area contributed by atoms with Gasteiger partial charge in [-0.15, -0.1) is 0 Å². The molecular formula is C29H46O6. The molecule has 0 heterocycles. The van der Waals surface area contributed by atoms with Gasteiger partial charge in [0.25, 0.3) is 0 Å². The van der Waals surface area contributed by atoms with E-state index in [2.05, 4.69) is 27.7 Å². The summed E-state index contributed by atoms with van der Waals surface area (Å²) < 4.78 is 17.9. The SMILES string of the molecule is CCC(C)[C@H]1CCC2C3C(C[C@H](OC(C)=O)[C@@]21C)[C@@]1(C)CC[C@@H](OC(C)=O)C[C@H]1C[C@H]3OC(C)=O. The number of rotatable bonds is 5. The van der Waals surface area contributed by atoms with Crippen LogP contribution in [-0.2, 0) is 28.6 Å². The van der Waals surface area contributed by atoms with Gasteiger partial charge in [0.2, 0.25) is 0 Å². The number of fused-ring (bicyclic) bond motifs is 5. The number of ether oxygens (including phenoxy) is 3. The predicted octanol–water partition coefficient (Wildman–Crippen LogP) is 5.71. The number of hydrogen-bond donors (Lipinski definition) is 0. The van der Waals surface area contributed by atoms with E-state index >= 15 is 0 Å². The lowest BCUT2D eigenvalue weighted by Gasteiger charge is -2.64. The maximum absolute atomic E-state index is 12.3. The third-order valence-corrected chi connectivity index (χ3v) is 11.0. The molecule has 0 N–H and O–H groups in total. The lowest BCUT2D eigenvalue weighted by Crippen LogP contribution is -2.63. The second-order valence-electron chi connectivity index (χ2n) is 12.7. The Bertz CT molecular complexity index is 839. The molecule has 0 aromatic rings. The fourth-order valence-electron chi connectivity index (χ4n) is 9.40. The summed E-state index contributed by atoms with van der Waals surface area (Å²) >= 11 is 0. The van der Waals surface area contributed by atoms with Gasteiger partial charge in [0, 0.05) is 32.1 Å². The fourth-order valence-corrected chi connectivity index (χ4v) is 9.40. The van der Waals surface area contributed by atoms with Gasteiger partial charge in [-0.2, -0.15) is 0 Å². The summed E-state index contributed by atoms with van der Waals surface area (Å²) in [5.74, 6) is 1.65. The van der Waals surface area contributed by atoms with Crippen LogP contribution < -0.4 is 0 Å². The van der Waals surface area contributed by atoms with E-state index in [0.717, 1.165) is 51.4 Å². The van der Waals surface area contributed by atoms with E-state index in [9.17, 15) is 14.4 Å². The predicted molar refractivity (Wildman–Crippen MR) is 132 cm³/mol. The number of carbonyl (C=O) groups is 3. The molecule has 4 aliphatic rings. The second kappa shape index (κ2) is 9.70. The smallest absolute Gasteiger partial charge is 0.302 e. The second-order valence-corrected chi connectivity index (χ2v) is 12.7. The molecule has 0 amide bonds. The van der Waals surface area contributed by atoms with Crippen molar-refractivity contribution in [3.8, 4) is 0 Å². The van der Waals surface area contributed by atoms with Crippen LogP contribution in [0.5, 0.6) is 0 Å². The number of carbonyl (C=O) groups excluding carboxylic acids is 3. The van der Waals surface area contributed by atoms with Crippen LogP contribution in [0.4, 0.5) is 0 Å². The van der Waals surface area contributed by atoms with E-state index in [1.165, 1.54) is 20.8 Å². The zero-order valence-corrected chi connectivity index (χ0v) is 22.8. The first-order valence-electron chi connectivity index (χ1n) is 13.9. The van der Waals surface area contributed by atoms with Crippen LogP contribution in [0.3, 0.4) is 0 Å².